The van der Waals surface area contributed by atoms with E-state index in [1.165, 1.54) is 44.9 Å². The Kier molecular flexibility index (Phi) is 10.1. The molecule has 4 nitrogen and oxygen atoms in total. The van der Waals surface area contributed by atoms with Gasteiger partial charge in [0.15, 0.2) is 0 Å². The predicted octanol–water partition coefficient (Wildman–Crippen LogP) is 5.73. The third-order valence-electron chi connectivity index (χ3n) is 5.40. The lowest BCUT2D eigenvalue weighted by Gasteiger charge is -2.32. The third kappa shape index (κ3) is 8.73. The van der Waals surface area contributed by atoms with E-state index in [1.54, 1.807) is 0 Å². The quantitative estimate of drug-likeness (QED) is 0.359. The first-order valence-electron chi connectivity index (χ1n) is 10.3. The number of esters is 1. The second-order valence-electron chi connectivity index (χ2n) is 8.24. The summed E-state index contributed by atoms with van der Waals surface area (Å²) in [4.78, 5) is 23.8. The van der Waals surface area contributed by atoms with E-state index in [0.717, 1.165) is 25.7 Å². The molecule has 2 atom stereocenters. The molecule has 2 unspecified atom stereocenters. The van der Waals surface area contributed by atoms with Crippen LogP contribution >= 0.6 is 0 Å². The number of ether oxygens (including phenoxy) is 1. The topological polar surface area (TPSA) is 63.6 Å². The van der Waals surface area contributed by atoms with Gasteiger partial charge in [0, 0.05) is 0 Å². The highest BCUT2D eigenvalue weighted by atomic mass is 16.6. The molecule has 1 saturated carbocycles. The van der Waals surface area contributed by atoms with Gasteiger partial charge in [-0.05, 0) is 39.5 Å². The number of carboxylic acids is 1. The molecule has 0 aromatic rings. The third-order valence-corrected chi connectivity index (χ3v) is 5.40. The Hall–Kier alpha value is -1.06. The zero-order valence-corrected chi connectivity index (χ0v) is 16.5. The van der Waals surface area contributed by atoms with Gasteiger partial charge in [-0.15, -0.1) is 0 Å². The van der Waals surface area contributed by atoms with Crippen molar-refractivity contribution in [2.75, 3.05) is 0 Å². The summed E-state index contributed by atoms with van der Waals surface area (Å²) in [6, 6.07) is 0. The van der Waals surface area contributed by atoms with Gasteiger partial charge in [0.25, 0.3) is 0 Å². The number of hydrogen-bond donors (Lipinski definition) is 1. The highest BCUT2D eigenvalue weighted by Crippen LogP contribution is 2.33. The molecule has 0 aliphatic heterocycles. The maximum Gasteiger partial charge on any atom is 0.310 e. The molecule has 0 saturated heterocycles. The van der Waals surface area contributed by atoms with Crippen LogP contribution in [-0.2, 0) is 14.3 Å². The molecular formula is C21H38O4. The second-order valence-corrected chi connectivity index (χ2v) is 8.24. The van der Waals surface area contributed by atoms with Crippen molar-refractivity contribution < 1.29 is 19.4 Å². The van der Waals surface area contributed by atoms with Crippen molar-refractivity contribution in [2.24, 2.45) is 11.8 Å². The van der Waals surface area contributed by atoms with E-state index in [4.69, 9.17) is 4.74 Å². The summed E-state index contributed by atoms with van der Waals surface area (Å²) in [6.07, 6.45) is 13.9. The zero-order chi connectivity index (χ0) is 18.7. The van der Waals surface area contributed by atoms with Crippen molar-refractivity contribution in [3.8, 4) is 0 Å². The van der Waals surface area contributed by atoms with Crippen LogP contribution < -0.4 is 0 Å². The first kappa shape index (κ1) is 22.0. The Morgan fingerprint density at radius 3 is 2.00 bits per heavy atom. The number of hydrogen-bond acceptors (Lipinski definition) is 3. The monoisotopic (exact) mass is 354 g/mol. The molecule has 0 radical (unpaired) electrons. The lowest BCUT2D eigenvalue weighted by atomic mass is 9.79. The van der Waals surface area contributed by atoms with Crippen molar-refractivity contribution in [3.05, 3.63) is 0 Å². The molecule has 1 rings (SSSR count). The molecule has 146 valence electrons. The van der Waals surface area contributed by atoms with Gasteiger partial charge >= 0.3 is 11.9 Å². The largest absolute Gasteiger partial charge is 0.481 e. The molecule has 4 heteroatoms. The fraction of sp³-hybridized carbons (Fsp3) is 0.905. The van der Waals surface area contributed by atoms with E-state index in [0.29, 0.717) is 12.8 Å². The van der Waals surface area contributed by atoms with Crippen molar-refractivity contribution >= 4 is 11.9 Å². The standard InChI is InChI=1S/C21H38O4/c1-4-5-6-7-8-9-10-13-16-21(2,3)25-20(24)18-15-12-11-14-17(18)19(22)23/h17-18H,4-16H2,1-3H3,(H,22,23). The van der Waals surface area contributed by atoms with Gasteiger partial charge in [-0.1, -0.05) is 64.7 Å². The number of carboxylic acid groups (broad SMARTS) is 1. The molecule has 0 aromatic heterocycles. The molecule has 0 heterocycles. The van der Waals surface area contributed by atoms with Crippen LogP contribution in [0.3, 0.4) is 0 Å². The Morgan fingerprint density at radius 1 is 0.920 bits per heavy atom. The fourth-order valence-corrected chi connectivity index (χ4v) is 3.79. The number of aliphatic carboxylic acids is 1. The van der Waals surface area contributed by atoms with Gasteiger partial charge < -0.3 is 9.84 Å². The van der Waals surface area contributed by atoms with Crippen LogP contribution in [0.2, 0.25) is 0 Å². The first-order chi connectivity index (χ1) is 11.9. The number of carbonyl (C=O) groups excluding carboxylic acids is 1. The Morgan fingerprint density at radius 2 is 1.44 bits per heavy atom. The van der Waals surface area contributed by atoms with Gasteiger partial charge in [-0.3, -0.25) is 9.59 Å². The molecule has 1 N–H and O–H groups in total. The SMILES string of the molecule is CCCCCCCCCCC(C)(C)OC(=O)C1CCCCC1C(=O)O. The summed E-state index contributed by atoms with van der Waals surface area (Å²) in [5, 5.41) is 9.33. The van der Waals surface area contributed by atoms with E-state index in [2.05, 4.69) is 6.92 Å². The van der Waals surface area contributed by atoms with Crippen LogP contribution in [0.15, 0.2) is 0 Å². The predicted molar refractivity (Wildman–Crippen MR) is 100 cm³/mol. The molecule has 0 aromatic carbocycles. The van der Waals surface area contributed by atoms with Crippen LogP contribution in [0.25, 0.3) is 0 Å². The molecule has 0 amide bonds. The van der Waals surface area contributed by atoms with Gasteiger partial charge in [0.2, 0.25) is 0 Å². The molecule has 0 bridgehead atoms. The van der Waals surface area contributed by atoms with E-state index in [1.807, 2.05) is 13.8 Å². The Balaban J connectivity index is 2.28. The summed E-state index contributed by atoms with van der Waals surface area (Å²) >= 11 is 0. The smallest absolute Gasteiger partial charge is 0.310 e. The number of rotatable bonds is 12. The van der Waals surface area contributed by atoms with E-state index in [-0.39, 0.29) is 5.97 Å². The summed E-state index contributed by atoms with van der Waals surface area (Å²) in [7, 11) is 0. The number of unbranched alkanes of at least 4 members (excludes halogenated alkanes) is 7. The highest BCUT2D eigenvalue weighted by molar-refractivity contribution is 5.81. The zero-order valence-electron chi connectivity index (χ0n) is 16.5. The first-order valence-corrected chi connectivity index (χ1v) is 10.3. The normalized spacial score (nSPS) is 21.1. The van der Waals surface area contributed by atoms with Gasteiger partial charge in [-0.2, -0.15) is 0 Å². The highest BCUT2D eigenvalue weighted by Gasteiger charge is 2.38. The minimum Gasteiger partial charge on any atom is -0.481 e. The van der Waals surface area contributed by atoms with E-state index < -0.39 is 23.4 Å². The molecule has 1 aliphatic rings. The van der Waals surface area contributed by atoms with E-state index >= 15 is 0 Å². The Labute approximate surface area is 153 Å². The van der Waals surface area contributed by atoms with Crippen LogP contribution in [0, 0.1) is 11.8 Å². The fourth-order valence-electron chi connectivity index (χ4n) is 3.79. The molecule has 1 aliphatic carbocycles. The maximum absolute atomic E-state index is 12.5. The summed E-state index contributed by atoms with van der Waals surface area (Å²) in [6.45, 7) is 6.13. The van der Waals surface area contributed by atoms with Gasteiger partial charge in [0.1, 0.15) is 5.60 Å². The van der Waals surface area contributed by atoms with Crippen molar-refractivity contribution in [1.82, 2.24) is 0 Å². The van der Waals surface area contributed by atoms with Crippen LogP contribution in [0.5, 0.6) is 0 Å². The maximum atomic E-state index is 12.5. The van der Waals surface area contributed by atoms with Crippen LogP contribution in [0.4, 0.5) is 0 Å². The van der Waals surface area contributed by atoms with Crippen molar-refractivity contribution in [1.29, 1.82) is 0 Å². The Bertz CT molecular complexity index is 403. The average molecular weight is 355 g/mol. The summed E-state index contributed by atoms with van der Waals surface area (Å²) < 4.78 is 5.72. The van der Waals surface area contributed by atoms with Gasteiger partial charge in [0.05, 0.1) is 11.8 Å². The van der Waals surface area contributed by atoms with Gasteiger partial charge in [-0.25, -0.2) is 0 Å². The van der Waals surface area contributed by atoms with Crippen molar-refractivity contribution in [3.63, 3.8) is 0 Å². The lowest BCUT2D eigenvalue weighted by Crippen LogP contribution is -2.38. The lowest BCUT2D eigenvalue weighted by molar-refractivity contribution is -0.170. The van der Waals surface area contributed by atoms with Crippen molar-refractivity contribution in [2.45, 2.75) is 110 Å². The summed E-state index contributed by atoms with van der Waals surface area (Å²) in [5.41, 5.74) is -0.500. The second kappa shape index (κ2) is 11.5. The van der Waals surface area contributed by atoms with E-state index in [9.17, 15) is 14.7 Å². The molecule has 25 heavy (non-hydrogen) atoms. The van der Waals surface area contributed by atoms with Crippen LogP contribution in [-0.4, -0.2) is 22.6 Å². The number of carbonyl (C=O) groups is 2. The average Bonchev–Trinajstić information content (AvgIpc) is 2.56. The minimum absolute atomic E-state index is 0.309. The molecule has 0 spiro atoms. The summed E-state index contributed by atoms with van der Waals surface area (Å²) in [5.74, 6) is -2.21. The van der Waals surface area contributed by atoms with Crippen LogP contribution in [0.1, 0.15) is 104 Å². The minimum atomic E-state index is -0.859. The molecular weight excluding hydrogens is 316 g/mol. The molecule has 1 fully saturated rings.